The second-order valence-corrected chi connectivity index (χ2v) is 7.17. The first-order valence-electron chi connectivity index (χ1n) is 9.04. The lowest BCUT2D eigenvalue weighted by molar-refractivity contribution is 0.0949. The molecule has 0 aliphatic heterocycles. The Bertz CT molecular complexity index is 1260. The minimum atomic E-state index is -0.578. The van der Waals surface area contributed by atoms with Crippen LogP contribution in [0, 0.1) is 0 Å². The maximum absolute atomic E-state index is 12.8. The van der Waals surface area contributed by atoms with Gasteiger partial charge in [0, 0.05) is 18.4 Å². The zero-order valence-electron chi connectivity index (χ0n) is 16.9. The van der Waals surface area contributed by atoms with Crippen molar-refractivity contribution in [2.24, 2.45) is 12.1 Å². The Balaban J connectivity index is 1.59. The van der Waals surface area contributed by atoms with Crippen molar-refractivity contribution in [2.45, 2.75) is 10.9 Å². The molecule has 0 bridgehead atoms. The first-order chi connectivity index (χ1) is 15.6. The number of hydrogen-bond donors (Lipinski definition) is 2. The highest BCUT2D eigenvalue weighted by Gasteiger charge is 2.24. The van der Waals surface area contributed by atoms with E-state index >= 15 is 0 Å². The second kappa shape index (κ2) is 9.25. The highest BCUT2D eigenvalue weighted by molar-refractivity contribution is 7.98. The molecule has 4 rings (SSSR count). The number of aryl methyl sites for hydroxylation is 1. The summed E-state index contributed by atoms with van der Waals surface area (Å²) in [6.45, 7) is 0. The van der Waals surface area contributed by atoms with E-state index in [0.29, 0.717) is 22.2 Å². The first-order valence-corrected chi connectivity index (χ1v) is 10.0. The van der Waals surface area contributed by atoms with Gasteiger partial charge in [0.2, 0.25) is 11.6 Å². The van der Waals surface area contributed by atoms with E-state index in [1.165, 1.54) is 22.7 Å². The summed E-state index contributed by atoms with van der Waals surface area (Å²) in [5.74, 6) is 0.408. The lowest BCUT2D eigenvalue weighted by Crippen LogP contribution is -2.20. The van der Waals surface area contributed by atoms with Crippen LogP contribution in [0.25, 0.3) is 5.82 Å². The third-order valence-corrected chi connectivity index (χ3v) is 5.24. The van der Waals surface area contributed by atoms with Crippen molar-refractivity contribution in [2.75, 3.05) is 12.8 Å². The second-order valence-electron chi connectivity index (χ2n) is 6.22. The van der Waals surface area contributed by atoms with Crippen molar-refractivity contribution in [3.05, 3.63) is 47.5 Å². The predicted octanol–water partition coefficient (Wildman–Crippen LogP) is 0.426. The predicted molar refractivity (Wildman–Crippen MR) is 112 cm³/mol. The van der Waals surface area contributed by atoms with Gasteiger partial charge in [-0.25, -0.2) is 10.1 Å². The molecule has 0 unspecified atom stereocenters. The fourth-order valence-corrected chi connectivity index (χ4v) is 3.52. The van der Waals surface area contributed by atoms with Crippen LogP contribution < -0.4 is 15.9 Å². The van der Waals surface area contributed by atoms with Crippen LogP contribution in [0.2, 0.25) is 0 Å². The summed E-state index contributed by atoms with van der Waals surface area (Å²) in [7, 11) is 3.35. The topological polar surface area (TPSA) is 177 Å². The molecule has 0 radical (unpaired) electrons. The van der Waals surface area contributed by atoms with E-state index in [-0.39, 0.29) is 23.1 Å². The van der Waals surface area contributed by atoms with E-state index in [9.17, 15) is 4.79 Å². The van der Waals surface area contributed by atoms with Gasteiger partial charge in [0.1, 0.15) is 12.1 Å². The molecule has 4 aromatic rings. The molecule has 0 saturated carbocycles. The normalized spacial score (nSPS) is 11.2. The van der Waals surface area contributed by atoms with Crippen LogP contribution in [-0.2, 0) is 12.8 Å². The lowest BCUT2D eigenvalue weighted by Gasteiger charge is -2.05. The first kappa shape index (κ1) is 21.0. The number of hydrogen-bond acceptors (Lipinski definition) is 12. The highest BCUT2D eigenvalue weighted by Crippen LogP contribution is 2.24. The van der Waals surface area contributed by atoms with E-state index in [2.05, 4.69) is 46.0 Å². The molecule has 3 N–H and O–H groups in total. The molecule has 164 valence electrons. The number of para-hydroxylation sites is 1. The van der Waals surface area contributed by atoms with Crippen LogP contribution in [0.4, 0.5) is 5.82 Å². The van der Waals surface area contributed by atoms with Gasteiger partial charge in [-0.15, -0.1) is 15.3 Å². The molecule has 0 atom stereocenters. The van der Waals surface area contributed by atoms with Crippen molar-refractivity contribution in [3.63, 3.8) is 0 Å². The van der Waals surface area contributed by atoms with E-state index < -0.39 is 5.91 Å². The summed E-state index contributed by atoms with van der Waals surface area (Å²) in [5.41, 5.74) is 9.35. The van der Waals surface area contributed by atoms with Gasteiger partial charge in [-0.3, -0.25) is 4.79 Å². The summed E-state index contributed by atoms with van der Waals surface area (Å²) < 4.78 is 12.9. The maximum Gasteiger partial charge on any atom is 0.293 e. The van der Waals surface area contributed by atoms with Gasteiger partial charge >= 0.3 is 0 Å². The number of anilines is 1. The van der Waals surface area contributed by atoms with Crippen LogP contribution >= 0.6 is 11.8 Å². The number of carbonyl (C=O) groups excluding carboxylic acids is 1. The zero-order valence-corrected chi connectivity index (χ0v) is 17.7. The Hall–Kier alpha value is -4.27. The molecular weight excluding hydrogens is 438 g/mol. The number of carbonyl (C=O) groups is 1. The molecule has 3 heterocycles. The van der Waals surface area contributed by atoms with E-state index in [4.69, 9.17) is 10.5 Å². The highest BCUT2D eigenvalue weighted by atomic mass is 32.2. The van der Waals surface area contributed by atoms with Gasteiger partial charge in [-0.05, 0) is 22.4 Å². The molecule has 32 heavy (non-hydrogen) atoms. The van der Waals surface area contributed by atoms with Crippen LogP contribution in [0.3, 0.4) is 0 Å². The fourth-order valence-electron chi connectivity index (χ4n) is 2.64. The zero-order chi connectivity index (χ0) is 22.5. The van der Waals surface area contributed by atoms with Crippen LogP contribution in [-0.4, -0.2) is 59.3 Å². The van der Waals surface area contributed by atoms with Gasteiger partial charge in [0.25, 0.3) is 5.91 Å². The molecule has 3 aromatic heterocycles. The SMILES string of the molecule is COc1ccccc1C=NNC(=O)c1nnn(-c2nonc2N)c1CSc1nncn1C. The number of benzene rings is 1. The average Bonchev–Trinajstić information content (AvgIpc) is 3.52. The third kappa shape index (κ3) is 4.27. The summed E-state index contributed by atoms with van der Waals surface area (Å²) in [4.78, 5) is 12.8. The minimum Gasteiger partial charge on any atom is -0.496 e. The molecular formula is C17H17N11O3S. The Morgan fingerprint density at radius 1 is 1.34 bits per heavy atom. The van der Waals surface area contributed by atoms with Crippen molar-refractivity contribution >= 4 is 29.7 Å². The van der Waals surface area contributed by atoms with Crippen molar-refractivity contribution in [1.82, 2.24) is 45.5 Å². The standard InChI is InChI=1S/C17H17N11O3S/c1-27-9-20-23-17(27)32-8-11-13(21-26-28(11)15-14(18)24-31-25-15)16(29)22-19-7-10-5-3-4-6-12(10)30-2/h3-7,9H,8H2,1-2H3,(H2,18,24)(H,22,29). The monoisotopic (exact) mass is 455 g/mol. The molecule has 0 saturated heterocycles. The Kier molecular flexibility index (Phi) is 6.07. The molecule has 1 amide bonds. The molecule has 15 heteroatoms. The maximum atomic E-state index is 12.8. The largest absolute Gasteiger partial charge is 0.496 e. The average molecular weight is 455 g/mol. The van der Waals surface area contributed by atoms with Crippen LogP contribution in [0.1, 0.15) is 21.7 Å². The Morgan fingerprint density at radius 2 is 2.19 bits per heavy atom. The molecule has 0 spiro atoms. The number of nitrogens with one attached hydrogen (secondary N) is 1. The minimum absolute atomic E-state index is 0.000889. The van der Waals surface area contributed by atoms with E-state index in [1.54, 1.807) is 37.2 Å². The molecule has 0 aliphatic carbocycles. The molecule has 14 nitrogen and oxygen atoms in total. The number of methoxy groups -OCH3 is 1. The van der Waals surface area contributed by atoms with Crippen molar-refractivity contribution in [1.29, 1.82) is 0 Å². The summed E-state index contributed by atoms with van der Waals surface area (Å²) >= 11 is 1.32. The van der Waals surface area contributed by atoms with Gasteiger partial charge in [0.15, 0.2) is 10.9 Å². The Labute approximate surface area is 184 Å². The fraction of sp³-hybridized carbons (Fsp3) is 0.176. The van der Waals surface area contributed by atoms with Gasteiger partial charge in [0.05, 0.1) is 19.0 Å². The number of nitrogens with zero attached hydrogens (tertiary/aromatic N) is 9. The number of hydrazone groups is 1. The number of rotatable bonds is 8. The summed E-state index contributed by atoms with van der Waals surface area (Å²) in [6.07, 6.45) is 3.03. The van der Waals surface area contributed by atoms with Crippen molar-refractivity contribution < 1.29 is 14.2 Å². The molecule has 0 fully saturated rings. The van der Waals surface area contributed by atoms with Gasteiger partial charge < -0.3 is 15.0 Å². The molecule has 0 aliphatic rings. The summed E-state index contributed by atoms with van der Waals surface area (Å²) in [5, 5.41) is 27.7. The van der Waals surface area contributed by atoms with E-state index in [0.717, 1.165) is 0 Å². The van der Waals surface area contributed by atoms with E-state index in [1.807, 2.05) is 12.1 Å². The van der Waals surface area contributed by atoms with Crippen molar-refractivity contribution in [3.8, 4) is 11.6 Å². The number of ether oxygens (including phenoxy) is 1. The number of nitrogen functional groups attached to an aromatic ring is 1. The van der Waals surface area contributed by atoms with Gasteiger partial charge in [-0.1, -0.05) is 29.1 Å². The summed E-state index contributed by atoms with van der Waals surface area (Å²) in [6, 6.07) is 7.25. The number of thioether (sulfide) groups is 1. The number of aromatic nitrogens is 8. The Morgan fingerprint density at radius 3 is 2.91 bits per heavy atom. The lowest BCUT2D eigenvalue weighted by atomic mass is 10.2. The van der Waals surface area contributed by atoms with Crippen LogP contribution in [0.15, 0.2) is 45.5 Å². The quantitative estimate of drug-likeness (QED) is 0.214. The number of nitrogens with two attached hydrogens (primary N) is 1. The number of amides is 1. The molecule has 1 aromatic carbocycles. The van der Waals surface area contributed by atoms with Gasteiger partial charge in [-0.2, -0.15) is 9.78 Å². The van der Waals surface area contributed by atoms with Crippen LogP contribution in [0.5, 0.6) is 5.75 Å². The third-order valence-electron chi connectivity index (χ3n) is 4.19. The smallest absolute Gasteiger partial charge is 0.293 e.